The van der Waals surface area contributed by atoms with E-state index in [2.05, 4.69) is 4.74 Å². The highest BCUT2D eigenvalue weighted by molar-refractivity contribution is 7.69. The Balaban J connectivity index is 3.31. The highest BCUT2D eigenvalue weighted by Crippen LogP contribution is 1.93. The first kappa shape index (κ1) is 12.2. The molecule has 0 radical (unpaired) electrons. The molecule has 0 aliphatic rings. The van der Waals surface area contributed by atoms with Crippen LogP contribution in [0.25, 0.3) is 0 Å². The first-order valence-electron chi connectivity index (χ1n) is 3.81. The van der Waals surface area contributed by atoms with Gasteiger partial charge in [-0.2, -0.15) is 0 Å². The second kappa shape index (κ2) is 6.67. The van der Waals surface area contributed by atoms with Crippen molar-refractivity contribution in [3.8, 4) is 0 Å². The monoisotopic (exact) mass is 210 g/mol. The average Bonchev–Trinajstić information content (AvgIpc) is 2.02. The third-order valence-electron chi connectivity index (χ3n) is 1.40. The SMILES string of the molecule is CN(CCCCOC(N)=O)[SH](=O)=O. The maximum Gasteiger partial charge on any atom is 0.404 e. The largest absolute Gasteiger partial charge is 0.450 e. The van der Waals surface area contributed by atoms with Crippen molar-refractivity contribution in [1.82, 2.24) is 4.31 Å². The fraction of sp³-hybridized carbons (Fsp3) is 0.833. The molecule has 0 bridgehead atoms. The summed E-state index contributed by atoms with van der Waals surface area (Å²) in [4.78, 5) is 10.1. The van der Waals surface area contributed by atoms with Crippen molar-refractivity contribution < 1.29 is 17.9 Å². The lowest BCUT2D eigenvalue weighted by Gasteiger charge is -2.07. The number of thiol groups is 1. The van der Waals surface area contributed by atoms with Gasteiger partial charge in [0.15, 0.2) is 0 Å². The molecule has 0 aliphatic carbocycles. The molecule has 2 N–H and O–H groups in total. The highest BCUT2D eigenvalue weighted by atomic mass is 32.2. The fourth-order valence-electron chi connectivity index (χ4n) is 0.697. The lowest BCUT2D eigenvalue weighted by molar-refractivity contribution is 0.154. The van der Waals surface area contributed by atoms with Crippen molar-refractivity contribution in [3.05, 3.63) is 0 Å². The molecule has 0 aromatic carbocycles. The molecule has 0 fully saturated rings. The van der Waals surface area contributed by atoms with Crippen LogP contribution >= 0.6 is 0 Å². The van der Waals surface area contributed by atoms with Crippen LogP contribution in [0.2, 0.25) is 0 Å². The summed E-state index contributed by atoms with van der Waals surface area (Å²) in [5.74, 6) is 0. The molecule has 0 spiro atoms. The van der Waals surface area contributed by atoms with Crippen LogP contribution < -0.4 is 5.73 Å². The molecule has 13 heavy (non-hydrogen) atoms. The minimum Gasteiger partial charge on any atom is -0.450 e. The smallest absolute Gasteiger partial charge is 0.404 e. The van der Waals surface area contributed by atoms with Gasteiger partial charge in [0.1, 0.15) is 0 Å². The van der Waals surface area contributed by atoms with Gasteiger partial charge in [-0.25, -0.2) is 17.5 Å². The molecule has 0 unspecified atom stereocenters. The van der Waals surface area contributed by atoms with Crippen LogP contribution in [0.15, 0.2) is 0 Å². The zero-order chi connectivity index (χ0) is 10.3. The standard InChI is InChI=1S/C6H14N2O4S/c1-8(13(10)11)4-2-3-5-12-6(7)9/h13H,2-5H2,1H3,(H2,7,9). The second-order valence-electron chi connectivity index (χ2n) is 2.49. The van der Waals surface area contributed by atoms with Crippen molar-refractivity contribution in [2.45, 2.75) is 12.8 Å². The van der Waals surface area contributed by atoms with Crippen LogP contribution in [0.5, 0.6) is 0 Å². The molecule has 0 aromatic heterocycles. The first-order valence-corrected chi connectivity index (χ1v) is 4.94. The Hall–Kier alpha value is -0.820. The van der Waals surface area contributed by atoms with Crippen molar-refractivity contribution in [2.75, 3.05) is 20.2 Å². The van der Waals surface area contributed by atoms with Crippen LogP contribution in [0.4, 0.5) is 4.79 Å². The van der Waals surface area contributed by atoms with E-state index in [0.717, 1.165) is 0 Å². The molecule has 0 rings (SSSR count). The maximum atomic E-state index is 10.3. The lowest BCUT2D eigenvalue weighted by Crippen LogP contribution is -2.18. The van der Waals surface area contributed by atoms with E-state index in [1.165, 1.54) is 11.4 Å². The topological polar surface area (TPSA) is 89.7 Å². The van der Waals surface area contributed by atoms with Crippen molar-refractivity contribution in [1.29, 1.82) is 0 Å². The van der Waals surface area contributed by atoms with Gasteiger partial charge in [0, 0.05) is 13.6 Å². The lowest BCUT2D eigenvalue weighted by atomic mass is 10.3. The molecule has 0 aromatic rings. The number of rotatable bonds is 6. The van der Waals surface area contributed by atoms with E-state index in [0.29, 0.717) is 19.4 Å². The number of unbranched alkanes of at least 4 members (excludes halogenated alkanes) is 1. The van der Waals surface area contributed by atoms with Gasteiger partial charge in [0.2, 0.25) is 10.9 Å². The minimum atomic E-state index is -2.49. The fourth-order valence-corrected chi connectivity index (χ4v) is 1.00. The van der Waals surface area contributed by atoms with Crippen molar-refractivity contribution in [2.24, 2.45) is 5.73 Å². The Morgan fingerprint density at radius 2 is 2.08 bits per heavy atom. The molecule has 0 atom stereocenters. The van der Waals surface area contributed by atoms with Crippen LogP contribution in [0.3, 0.4) is 0 Å². The molecule has 78 valence electrons. The first-order chi connectivity index (χ1) is 6.04. The predicted octanol–water partition coefficient (Wildman–Crippen LogP) is -0.680. The number of hydrogen-bond acceptors (Lipinski definition) is 4. The van der Waals surface area contributed by atoms with Crippen LogP contribution in [0, 0.1) is 0 Å². The summed E-state index contributed by atoms with van der Waals surface area (Å²) >= 11 is 0. The Morgan fingerprint density at radius 3 is 2.54 bits per heavy atom. The van der Waals surface area contributed by atoms with Gasteiger partial charge in [-0.3, -0.25) is 0 Å². The number of primary amides is 1. The quantitative estimate of drug-likeness (QED) is 0.449. The van der Waals surface area contributed by atoms with Crippen LogP contribution in [-0.2, 0) is 15.6 Å². The number of nitrogens with zero attached hydrogens (tertiary/aromatic N) is 1. The zero-order valence-electron chi connectivity index (χ0n) is 7.43. The molecule has 7 heteroatoms. The number of ether oxygens (including phenoxy) is 1. The van der Waals surface area contributed by atoms with Gasteiger partial charge in [0.25, 0.3) is 0 Å². The van der Waals surface area contributed by atoms with Crippen molar-refractivity contribution >= 4 is 17.0 Å². The Bertz CT molecular complexity index is 221. The summed E-state index contributed by atoms with van der Waals surface area (Å²) in [7, 11) is -1.01. The Morgan fingerprint density at radius 1 is 1.46 bits per heavy atom. The summed E-state index contributed by atoms with van der Waals surface area (Å²) in [6.07, 6.45) is 0.451. The van der Waals surface area contributed by atoms with Gasteiger partial charge in [-0.1, -0.05) is 0 Å². The molecule has 0 saturated carbocycles. The molecule has 0 aliphatic heterocycles. The Labute approximate surface area is 78.7 Å². The van der Waals surface area contributed by atoms with E-state index in [-0.39, 0.29) is 6.61 Å². The number of amides is 1. The van der Waals surface area contributed by atoms with E-state index < -0.39 is 17.0 Å². The molecular weight excluding hydrogens is 196 g/mol. The van der Waals surface area contributed by atoms with E-state index in [1.54, 1.807) is 0 Å². The normalized spacial score (nSPS) is 10.7. The third kappa shape index (κ3) is 7.54. The van der Waals surface area contributed by atoms with Gasteiger partial charge >= 0.3 is 6.09 Å². The molecule has 0 heterocycles. The van der Waals surface area contributed by atoms with Gasteiger partial charge < -0.3 is 10.5 Å². The van der Waals surface area contributed by atoms with E-state index >= 15 is 0 Å². The summed E-state index contributed by atoms with van der Waals surface area (Å²) in [6.45, 7) is 0.666. The van der Waals surface area contributed by atoms with E-state index in [9.17, 15) is 13.2 Å². The summed E-state index contributed by atoms with van der Waals surface area (Å²) in [5.41, 5.74) is 4.71. The molecule has 6 nitrogen and oxygen atoms in total. The maximum absolute atomic E-state index is 10.3. The minimum absolute atomic E-state index is 0.235. The highest BCUT2D eigenvalue weighted by Gasteiger charge is 1.99. The third-order valence-corrected chi connectivity index (χ3v) is 2.16. The zero-order valence-corrected chi connectivity index (χ0v) is 8.33. The summed E-state index contributed by atoms with van der Waals surface area (Å²) < 4.78 is 26.3. The van der Waals surface area contributed by atoms with Gasteiger partial charge in [-0.05, 0) is 12.8 Å². The predicted molar refractivity (Wildman–Crippen MR) is 47.7 cm³/mol. The van der Waals surface area contributed by atoms with E-state index in [4.69, 9.17) is 5.73 Å². The summed E-state index contributed by atoms with van der Waals surface area (Å²) in [6, 6.07) is 0. The average molecular weight is 210 g/mol. The number of carbonyl (C=O) groups is 1. The summed E-state index contributed by atoms with van der Waals surface area (Å²) in [5, 5.41) is 0. The van der Waals surface area contributed by atoms with Gasteiger partial charge in [0.05, 0.1) is 6.61 Å². The second-order valence-corrected chi connectivity index (χ2v) is 3.65. The molecular formula is C6H14N2O4S. The Kier molecular flexibility index (Phi) is 6.25. The van der Waals surface area contributed by atoms with E-state index in [1.807, 2.05) is 0 Å². The van der Waals surface area contributed by atoms with Gasteiger partial charge in [-0.15, -0.1) is 0 Å². The van der Waals surface area contributed by atoms with Crippen LogP contribution in [0.1, 0.15) is 12.8 Å². The molecule has 1 amide bonds. The molecule has 0 saturated heterocycles. The van der Waals surface area contributed by atoms with Crippen molar-refractivity contribution in [3.63, 3.8) is 0 Å². The van der Waals surface area contributed by atoms with Crippen LogP contribution in [-0.4, -0.2) is 39.0 Å². The number of hydrogen-bond donors (Lipinski definition) is 2. The number of carbonyl (C=O) groups excluding carboxylic acids is 1. The number of nitrogens with two attached hydrogens (primary N) is 1.